The lowest BCUT2D eigenvalue weighted by Crippen LogP contribution is -3.00. The Morgan fingerprint density at radius 2 is 1.48 bits per heavy atom. The highest BCUT2D eigenvalue weighted by molar-refractivity contribution is 5.81. The van der Waals surface area contributed by atoms with Crippen LogP contribution in [0.4, 0.5) is 0 Å². The lowest BCUT2D eigenvalue weighted by Gasteiger charge is -2.41. The van der Waals surface area contributed by atoms with Crippen molar-refractivity contribution in [3.63, 3.8) is 0 Å². The molecule has 0 spiro atoms. The fourth-order valence-electron chi connectivity index (χ4n) is 3.34. The van der Waals surface area contributed by atoms with Gasteiger partial charge in [0.15, 0.2) is 0 Å². The first-order valence-corrected chi connectivity index (χ1v) is 9.87. The fourth-order valence-corrected chi connectivity index (χ4v) is 3.34. The van der Waals surface area contributed by atoms with Gasteiger partial charge in [0.05, 0.1) is 33.3 Å². The van der Waals surface area contributed by atoms with Crippen molar-refractivity contribution in [1.29, 1.82) is 0 Å². The summed E-state index contributed by atoms with van der Waals surface area (Å²) in [6, 6.07) is 0. The Morgan fingerprint density at radius 1 is 1.00 bits per heavy atom. The van der Waals surface area contributed by atoms with Crippen molar-refractivity contribution in [1.82, 2.24) is 4.90 Å². The van der Waals surface area contributed by atoms with Crippen molar-refractivity contribution in [3.8, 4) is 0 Å². The number of halogens is 1. The Balaban J connectivity index is 0.00000576. The summed E-state index contributed by atoms with van der Waals surface area (Å²) >= 11 is 0. The molecule has 1 heterocycles. The molecule has 0 aromatic heterocycles. The summed E-state index contributed by atoms with van der Waals surface area (Å²) < 4.78 is 6.24. The average Bonchev–Trinajstić information content (AvgIpc) is 2.58. The standard InChI is InChI=1S/C20H39N2O2.BrH/c1-4-20(23)24-19-13-11-9-7-5-6-8-10-12-16-22(3)17-14-21(2)15-18-22;/h4H,1,5-19H2,2-3H3;1H/q+1;/p-1. The normalized spacial score (nSPS) is 16.9. The quantitative estimate of drug-likeness (QED) is 0.190. The molecule has 0 saturated carbocycles. The molecule has 1 fully saturated rings. The average molecular weight is 419 g/mol. The van der Waals surface area contributed by atoms with Crippen molar-refractivity contribution in [3.05, 3.63) is 12.7 Å². The molecule has 0 N–H and O–H groups in total. The largest absolute Gasteiger partial charge is 1.00 e. The molecule has 0 bridgehead atoms. The molecule has 0 aromatic carbocycles. The minimum atomic E-state index is -0.303. The Kier molecular flexibility index (Phi) is 14.5. The van der Waals surface area contributed by atoms with Gasteiger partial charge in [-0.15, -0.1) is 0 Å². The van der Waals surface area contributed by atoms with E-state index in [1.54, 1.807) is 0 Å². The number of esters is 1. The second kappa shape index (κ2) is 14.7. The summed E-state index contributed by atoms with van der Waals surface area (Å²) in [7, 11) is 4.66. The SMILES string of the molecule is C=CC(=O)OCCCCCCCCCCC[N+]1(C)CCN(C)CC1.[Br-]. The highest BCUT2D eigenvalue weighted by Crippen LogP contribution is 2.14. The van der Waals surface area contributed by atoms with E-state index in [2.05, 4.69) is 25.6 Å². The van der Waals surface area contributed by atoms with Gasteiger partial charge in [0.2, 0.25) is 0 Å². The van der Waals surface area contributed by atoms with Crippen LogP contribution in [0.25, 0.3) is 0 Å². The van der Waals surface area contributed by atoms with Crippen LogP contribution < -0.4 is 17.0 Å². The molecule has 1 aliphatic rings. The molecule has 0 aliphatic carbocycles. The maximum Gasteiger partial charge on any atom is 0.330 e. The molecule has 0 amide bonds. The van der Waals surface area contributed by atoms with E-state index in [-0.39, 0.29) is 23.0 Å². The summed E-state index contributed by atoms with van der Waals surface area (Å²) in [5, 5.41) is 0. The summed E-state index contributed by atoms with van der Waals surface area (Å²) in [5.74, 6) is -0.303. The first-order valence-electron chi connectivity index (χ1n) is 9.87. The number of carbonyl (C=O) groups excluding carboxylic acids is 1. The molecule has 4 nitrogen and oxygen atoms in total. The number of ether oxygens (including phenoxy) is 1. The zero-order valence-corrected chi connectivity index (χ0v) is 18.1. The smallest absolute Gasteiger partial charge is 0.330 e. The number of unbranched alkanes of at least 4 members (excludes halogenated alkanes) is 8. The highest BCUT2D eigenvalue weighted by atomic mass is 79.9. The third-order valence-corrected chi connectivity index (χ3v) is 5.30. The van der Waals surface area contributed by atoms with Gasteiger partial charge in [-0.3, -0.25) is 4.90 Å². The molecule has 0 aromatic rings. The van der Waals surface area contributed by atoms with Crippen molar-refractivity contribution < 1.29 is 31.0 Å². The molecular formula is C20H39BrN2O2. The number of hydrogen-bond acceptors (Lipinski definition) is 3. The molecule has 0 radical (unpaired) electrons. The zero-order valence-electron chi connectivity index (χ0n) is 16.5. The number of hydrogen-bond donors (Lipinski definition) is 0. The van der Waals surface area contributed by atoms with E-state index in [1.165, 1.54) is 88.2 Å². The van der Waals surface area contributed by atoms with Crippen LogP contribution in [-0.4, -0.2) is 68.8 Å². The van der Waals surface area contributed by atoms with Crippen LogP contribution in [0.2, 0.25) is 0 Å². The Hall–Kier alpha value is -0.390. The van der Waals surface area contributed by atoms with Gasteiger partial charge < -0.3 is 26.2 Å². The lowest BCUT2D eigenvalue weighted by molar-refractivity contribution is -0.913. The minimum Gasteiger partial charge on any atom is -1.00 e. The van der Waals surface area contributed by atoms with E-state index in [9.17, 15) is 4.79 Å². The Bertz CT molecular complexity index is 356. The molecule has 0 unspecified atom stereocenters. The Labute approximate surface area is 165 Å². The van der Waals surface area contributed by atoms with Gasteiger partial charge in [-0.1, -0.05) is 45.1 Å². The molecule has 0 atom stereocenters. The second-order valence-corrected chi connectivity index (χ2v) is 7.65. The summed E-state index contributed by atoms with van der Waals surface area (Å²) in [4.78, 5) is 13.3. The van der Waals surface area contributed by atoms with E-state index in [0.717, 1.165) is 12.8 Å². The van der Waals surface area contributed by atoms with Crippen LogP contribution >= 0.6 is 0 Å². The van der Waals surface area contributed by atoms with Gasteiger partial charge in [0, 0.05) is 19.2 Å². The van der Waals surface area contributed by atoms with Crippen LogP contribution in [0, 0.1) is 0 Å². The lowest BCUT2D eigenvalue weighted by atomic mass is 10.1. The number of carbonyl (C=O) groups is 1. The van der Waals surface area contributed by atoms with Gasteiger partial charge in [0.1, 0.15) is 0 Å². The Morgan fingerprint density at radius 3 is 2.00 bits per heavy atom. The van der Waals surface area contributed by atoms with E-state index >= 15 is 0 Å². The van der Waals surface area contributed by atoms with E-state index in [4.69, 9.17) is 4.74 Å². The second-order valence-electron chi connectivity index (χ2n) is 7.65. The van der Waals surface area contributed by atoms with Gasteiger partial charge in [-0.05, 0) is 26.3 Å². The van der Waals surface area contributed by atoms with Gasteiger partial charge in [-0.2, -0.15) is 0 Å². The fraction of sp³-hybridized carbons (Fsp3) is 0.850. The molecular weight excluding hydrogens is 380 g/mol. The van der Waals surface area contributed by atoms with Gasteiger partial charge >= 0.3 is 5.97 Å². The molecule has 148 valence electrons. The number of rotatable bonds is 13. The third-order valence-electron chi connectivity index (χ3n) is 5.30. The third kappa shape index (κ3) is 12.6. The number of quaternary nitrogens is 1. The highest BCUT2D eigenvalue weighted by Gasteiger charge is 2.26. The van der Waals surface area contributed by atoms with Crippen LogP contribution in [0.1, 0.15) is 57.8 Å². The monoisotopic (exact) mass is 418 g/mol. The minimum absolute atomic E-state index is 0. The first kappa shape index (κ1) is 24.6. The predicted octanol–water partition coefficient (Wildman–Crippen LogP) is 0.623. The number of piperazine rings is 1. The molecule has 1 rings (SSSR count). The number of likely N-dealkylation sites (N-methyl/N-ethyl adjacent to an activating group) is 2. The van der Waals surface area contributed by atoms with Gasteiger partial charge in [-0.25, -0.2) is 4.79 Å². The molecule has 1 saturated heterocycles. The van der Waals surface area contributed by atoms with E-state index in [1.807, 2.05) is 0 Å². The van der Waals surface area contributed by atoms with Crippen molar-refractivity contribution in [2.24, 2.45) is 0 Å². The zero-order chi connectivity index (χ0) is 17.7. The maximum absolute atomic E-state index is 10.9. The van der Waals surface area contributed by atoms with Crippen molar-refractivity contribution in [2.45, 2.75) is 57.8 Å². The first-order chi connectivity index (χ1) is 11.6. The van der Waals surface area contributed by atoms with Crippen molar-refractivity contribution in [2.75, 3.05) is 53.4 Å². The predicted molar refractivity (Wildman–Crippen MR) is 101 cm³/mol. The van der Waals surface area contributed by atoms with E-state index in [0.29, 0.717) is 6.61 Å². The van der Waals surface area contributed by atoms with Crippen molar-refractivity contribution >= 4 is 5.97 Å². The van der Waals surface area contributed by atoms with Crippen LogP contribution in [0.5, 0.6) is 0 Å². The summed E-state index contributed by atoms with van der Waals surface area (Å²) in [6.45, 7) is 10.4. The molecule has 5 heteroatoms. The van der Waals surface area contributed by atoms with Crippen LogP contribution in [-0.2, 0) is 9.53 Å². The molecule has 25 heavy (non-hydrogen) atoms. The van der Waals surface area contributed by atoms with Gasteiger partial charge in [0.25, 0.3) is 0 Å². The summed E-state index contributed by atoms with van der Waals surface area (Å²) in [5.41, 5.74) is 0. The molecule has 1 aliphatic heterocycles. The van der Waals surface area contributed by atoms with E-state index < -0.39 is 0 Å². The number of nitrogens with zero attached hydrogens (tertiary/aromatic N) is 2. The van der Waals surface area contributed by atoms with Crippen LogP contribution in [0.15, 0.2) is 12.7 Å². The summed E-state index contributed by atoms with van der Waals surface area (Å²) in [6.07, 6.45) is 12.8. The van der Waals surface area contributed by atoms with Crippen LogP contribution in [0.3, 0.4) is 0 Å². The topological polar surface area (TPSA) is 29.5 Å². The maximum atomic E-state index is 10.9.